The number of carbonyl (C=O) groups is 1. The summed E-state index contributed by atoms with van der Waals surface area (Å²) in [6, 6.07) is 2.33. The molecule has 0 bridgehead atoms. The summed E-state index contributed by atoms with van der Waals surface area (Å²) in [6.45, 7) is 3.04. The summed E-state index contributed by atoms with van der Waals surface area (Å²) in [4.78, 5) is 14.3. The summed E-state index contributed by atoms with van der Waals surface area (Å²) in [5.41, 5.74) is 5.07. The van der Waals surface area contributed by atoms with E-state index >= 15 is 0 Å². The number of nitriles is 1. The van der Waals surface area contributed by atoms with Crippen molar-refractivity contribution in [2.24, 2.45) is 11.7 Å². The maximum absolute atomic E-state index is 12.2. The van der Waals surface area contributed by atoms with Crippen molar-refractivity contribution in [1.82, 2.24) is 10.2 Å². The molecule has 112 valence electrons. The van der Waals surface area contributed by atoms with Crippen LogP contribution in [0.25, 0.3) is 0 Å². The van der Waals surface area contributed by atoms with Crippen LogP contribution in [-0.4, -0.2) is 42.5 Å². The van der Waals surface area contributed by atoms with E-state index in [0.717, 1.165) is 58.2 Å². The van der Waals surface area contributed by atoms with E-state index in [1.165, 1.54) is 6.42 Å². The van der Waals surface area contributed by atoms with Crippen molar-refractivity contribution >= 4 is 5.91 Å². The summed E-state index contributed by atoms with van der Waals surface area (Å²) in [5, 5.41) is 12.4. The number of carbonyl (C=O) groups excluding carboxylic acids is 1. The number of rotatable bonds is 4. The normalized spacial score (nSPS) is 24.0. The second-order valence-electron chi connectivity index (χ2n) is 6.26. The highest BCUT2D eigenvalue weighted by Gasteiger charge is 2.34. The van der Waals surface area contributed by atoms with Gasteiger partial charge in [-0.15, -0.1) is 0 Å². The number of amides is 1. The third-order valence-electron chi connectivity index (χ3n) is 4.71. The van der Waals surface area contributed by atoms with Gasteiger partial charge >= 0.3 is 0 Å². The molecule has 2 rings (SSSR count). The van der Waals surface area contributed by atoms with Crippen molar-refractivity contribution in [3.8, 4) is 6.07 Å². The van der Waals surface area contributed by atoms with Gasteiger partial charge in [-0.2, -0.15) is 5.26 Å². The summed E-state index contributed by atoms with van der Waals surface area (Å²) in [6.07, 6.45) is 6.99. The lowest BCUT2D eigenvalue weighted by Crippen LogP contribution is -2.52. The highest BCUT2D eigenvalue weighted by Crippen LogP contribution is 2.27. The molecule has 5 heteroatoms. The molecule has 1 saturated carbocycles. The number of nitrogens with zero attached hydrogens (tertiary/aromatic N) is 2. The molecule has 0 aromatic heterocycles. The Bertz CT molecular complexity index is 363. The summed E-state index contributed by atoms with van der Waals surface area (Å²) >= 11 is 0. The van der Waals surface area contributed by atoms with Crippen molar-refractivity contribution in [2.75, 3.05) is 26.2 Å². The second kappa shape index (κ2) is 7.05. The van der Waals surface area contributed by atoms with E-state index in [0.29, 0.717) is 12.5 Å². The van der Waals surface area contributed by atoms with Crippen molar-refractivity contribution in [3.05, 3.63) is 0 Å². The van der Waals surface area contributed by atoms with Crippen LogP contribution < -0.4 is 11.1 Å². The zero-order valence-corrected chi connectivity index (χ0v) is 12.2. The quantitative estimate of drug-likeness (QED) is 0.803. The zero-order chi connectivity index (χ0) is 14.4. The molecule has 1 aliphatic carbocycles. The predicted octanol–water partition coefficient (Wildman–Crippen LogP) is 1.000. The largest absolute Gasteiger partial charge is 0.337 e. The fraction of sp³-hybridized carbons (Fsp3) is 0.867. The van der Waals surface area contributed by atoms with Gasteiger partial charge in [-0.25, -0.2) is 0 Å². The van der Waals surface area contributed by atoms with Crippen LogP contribution in [0.3, 0.4) is 0 Å². The first kappa shape index (κ1) is 15.3. The van der Waals surface area contributed by atoms with Gasteiger partial charge in [0.2, 0.25) is 5.91 Å². The van der Waals surface area contributed by atoms with Crippen LogP contribution in [0.4, 0.5) is 0 Å². The third-order valence-corrected chi connectivity index (χ3v) is 4.71. The first-order valence-corrected chi connectivity index (χ1v) is 7.82. The van der Waals surface area contributed by atoms with Crippen LogP contribution >= 0.6 is 0 Å². The van der Waals surface area contributed by atoms with Crippen LogP contribution in [0.15, 0.2) is 0 Å². The van der Waals surface area contributed by atoms with Gasteiger partial charge in [0.05, 0.1) is 12.6 Å². The summed E-state index contributed by atoms with van der Waals surface area (Å²) in [5.74, 6) is 0.609. The molecule has 20 heavy (non-hydrogen) atoms. The molecule has 0 radical (unpaired) electrons. The maximum Gasteiger partial charge on any atom is 0.235 e. The molecule has 0 aromatic carbocycles. The van der Waals surface area contributed by atoms with Gasteiger partial charge in [0.15, 0.2) is 0 Å². The lowest BCUT2D eigenvalue weighted by molar-refractivity contribution is -0.124. The number of nitrogens with one attached hydrogen (secondary N) is 1. The molecule has 0 spiro atoms. The van der Waals surface area contributed by atoms with Crippen molar-refractivity contribution in [3.63, 3.8) is 0 Å². The van der Waals surface area contributed by atoms with E-state index in [1.807, 2.05) is 0 Å². The van der Waals surface area contributed by atoms with E-state index in [1.54, 1.807) is 0 Å². The Kier molecular flexibility index (Phi) is 5.38. The number of hydrogen-bond acceptors (Lipinski definition) is 4. The molecular weight excluding hydrogens is 252 g/mol. The number of nitrogens with two attached hydrogens (primary N) is 1. The number of likely N-dealkylation sites (tertiary alicyclic amines) is 1. The Hall–Kier alpha value is -1.12. The van der Waals surface area contributed by atoms with E-state index in [9.17, 15) is 10.1 Å². The average Bonchev–Trinajstić information content (AvgIpc) is 2.49. The Morgan fingerprint density at radius 3 is 2.50 bits per heavy atom. The Morgan fingerprint density at radius 2 is 1.95 bits per heavy atom. The van der Waals surface area contributed by atoms with Crippen LogP contribution in [0.1, 0.15) is 44.9 Å². The fourth-order valence-corrected chi connectivity index (χ4v) is 3.31. The minimum Gasteiger partial charge on any atom is -0.337 e. The highest BCUT2D eigenvalue weighted by molar-refractivity contribution is 5.79. The first-order valence-electron chi connectivity index (χ1n) is 7.82. The van der Waals surface area contributed by atoms with Crippen LogP contribution in [-0.2, 0) is 4.79 Å². The van der Waals surface area contributed by atoms with Crippen molar-refractivity contribution in [1.29, 1.82) is 5.26 Å². The van der Waals surface area contributed by atoms with Gasteiger partial charge in [0, 0.05) is 0 Å². The lowest BCUT2D eigenvalue weighted by atomic mass is 9.83. The highest BCUT2D eigenvalue weighted by atomic mass is 16.2. The van der Waals surface area contributed by atoms with E-state index in [2.05, 4.69) is 16.3 Å². The van der Waals surface area contributed by atoms with Crippen molar-refractivity contribution < 1.29 is 4.79 Å². The molecule has 0 unspecified atom stereocenters. The molecule has 2 fully saturated rings. The van der Waals surface area contributed by atoms with Crippen LogP contribution in [0, 0.1) is 17.2 Å². The molecule has 1 amide bonds. The fourth-order valence-electron chi connectivity index (χ4n) is 3.31. The molecule has 0 atom stereocenters. The van der Waals surface area contributed by atoms with Gasteiger partial charge in [0.25, 0.3) is 0 Å². The van der Waals surface area contributed by atoms with Crippen LogP contribution in [0.5, 0.6) is 0 Å². The van der Waals surface area contributed by atoms with Gasteiger partial charge in [-0.05, 0) is 51.2 Å². The monoisotopic (exact) mass is 278 g/mol. The Balaban J connectivity index is 1.79. The summed E-state index contributed by atoms with van der Waals surface area (Å²) in [7, 11) is 0. The zero-order valence-electron chi connectivity index (χ0n) is 12.2. The SMILES string of the molecule is N#CC1(NC(=O)CN2CCC(CN)CC2)CCCCC1. The number of piperidine rings is 1. The van der Waals surface area contributed by atoms with Gasteiger partial charge in [0.1, 0.15) is 5.54 Å². The standard InChI is InChI=1S/C15H26N4O/c16-10-13-4-8-19(9-5-13)11-14(20)18-15(12-17)6-2-1-3-7-15/h13H,1-11,16H2,(H,18,20). The lowest BCUT2D eigenvalue weighted by Gasteiger charge is -2.34. The summed E-state index contributed by atoms with van der Waals surface area (Å²) < 4.78 is 0. The first-order chi connectivity index (χ1) is 9.67. The molecule has 1 aliphatic heterocycles. The van der Waals surface area contributed by atoms with Gasteiger partial charge < -0.3 is 11.1 Å². The van der Waals surface area contributed by atoms with Gasteiger partial charge in [-0.1, -0.05) is 19.3 Å². The molecule has 5 nitrogen and oxygen atoms in total. The van der Waals surface area contributed by atoms with E-state index in [4.69, 9.17) is 5.73 Å². The molecule has 3 N–H and O–H groups in total. The topological polar surface area (TPSA) is 82.2 Å². The second-order valence-corrected chi connectivity index (χ2v) is 6.26. The molecular formula is C15H26N4O. The molecule has 2 aliphatic rings. The minimum absolute atomic E-state index is 0.000325. The Labute approximate surface area is 121 Å². The molecule has 1 saturated heterocycles. The average molecular weight is 278 g/mol. The Morgan fingerprint density at radius 1 is 1.30 bits per heavy atom. The molecule has 0 aromatic rings. The number of hydrogen-bond donors (Lipinski definition) is 2. The minimum atomic E-state index is -0.606. The van der Waals surface area contributed by atoms with Crippen molar-refractivity contribution in [2.45, 2.75) is 50.5 Å². The van der Waals surface area contributed by atoms with Gasteiger partial charge in [-0.3, -0.25) is 9.69 Å². The van der Waals surface area contributed by atoms with Crippen LogP contribution in [0.2, 0.25) is 0 Å². The smallest absolute Gasteiger partial charge is 0.235 e. The predicted molar refractivity (Wildman–Crippen MR) is 77.8 cm³/mol. The van der Waals surface area contributed by atoms with E-state index in [-0.39, 0.29) is 5.91 Å². The van der Waals surface area contributed by atoms with E-state index < -0.39 is 5.54 Å². The third kappa shape index (κ3) is 3.94. The molecule has 1 heterocycles. The maximum atomic E-state index is 12.2.